The van der Waals surface area contributed by atoms with Crippen LogP contribution in [0.4, 0.5) is 10.1 Å². The number of aryl methyl sites for hydroxylation is 1. The highest BCUT2D eigenvalue weighted by atomic mass is 19.1. The first-order valence-corrected chi connectivity index (χ1v) is 8.82. The number of halogens is 1. The Morgan fingerprint density at radius 3 is 3.00 bits per heavy atom. The first kappa shape index (κ1) is 17.5. The fourth-order valence-corrected chi connectivity index (χ4v) is 3.04. The molecule has 1 atom stereocenters. The highest BCUT2D eigenvalue weighted by molar-refractivity contribution is 5.91. The molecular formula is C18H24FN5O. The molecule has 134 valence electrons. The zero-order valence-electron chi connectivity index (χ0n) is 14.5. The summed E-state index contributed by atoms with van der Waals surface area (Å²) in [4.78, 5) is 12.0. The van der Waals surface area contributed by atoms with E-state index < -0.39 is 0 Å². The highest BCUT2D eigenvalue weighted by Crippen LogP contribution is 2.27. The average molecular weight is 345 g/mol. The minimum absolute atomic E-state index is 0.0269. The van der Waals surface area contributed by atoms with Crippen LogP contribution in [-0.2, 0) is 17.8 Å². The van der Waals surface area contributed by atoms with Crippen molar-refractivity contribution in [2.24, 2.45) is 5.73 Å². The van der Waals surface area contributed by atoms with E-state index in [1.807, 2.05) is 11.5 Å². The number of nitrogens with two attached hydrogens (primary N) is 1. The summed E-state index contributed by atoms with van der Waals surface area (Å²) in [5.41, 5.74) is 6.59. The minimum Gasteiger partial charge on any atom is -0.328 e. The van der Waals surface area contributed by atoms with Crippen molar-refractivity contribution >= 4 is 11.6 Å². The third-order valence-electron chi connectivity index (χ3n) is 4.43. The number of amides is 1. The average Bonchev–Trinajstić information content (AvgIpc) is 2.83. The van der Waals surface area contributed by atoms with E-state index in [1.165, 1.54) is 6.07 Å². The van der Waals surface area contributed by atoms with Crippen LogP contribution in [0, 0.1) is 5.82 Å². The second kappa shape index (κ2) is 7.74. The van der Waals surface area contributed by atoms with E-state index in [-0.39, 0.29) is 17.8 Å². The van der Waals surface area contributed by atoms with Gasteiger partial charge in [-0.25, -0.2) is 4.39 Å². The molecule has 1 aromatic heterocycles. The van der Waals surface area contributed by atoms with Crippen LogP contribution in [0.2, 0.25) is 0 Å². The molecule has 1 amide bonds. The van der Waals surface area contributed by atoms with Crippen LogP contribution in [0.15, 0.2) is 18.2 Å². The van der Waals surface area contributed by atoms with Gasteiger partial charge >= 0.3 is 0 Å². The van der Waals surface area contributed by atoms with Gasteiger partial charge in [-0.1, -0.05) is 6.42 Å². The number of nitrogens with zero attached hydrogens (tertiary/aromatic N) is 3. The van der Waals surface area contributed by atoms with Crippen LogP contribution >= 0.6 is 0 Å². The van der Waals surface area contributed by atoms with Crippen LogP contribution in [0.3, 0.4) is 0 Å². The Hall–Kier alpha value is -2.28. The van der Waals surface area contributed by atoms with E-state index >= 15 is 0 Å². The van der Waals surface area contributed by atoms with Gasteiger partial charge < -0.3 is 15.6 Å². The number of benzene rings is 1. The van der Waals surface area contributed by atoms with Gasteiger partial charge in [-0.2, -0.15) is 0 Å². The van der Waals surface area contributed by atoms with E-state index in [0.29, 0.717) is 29.9 Å². The molecular weight excluding hydrogens is 321 g/mol. The summed E-state index contributed by atoms with van der Waals surface area (Å²) in [6, 6.07) is 4.51. The molecule has 2 heterocycles. The molecule has 0 aliphatic carbocycles. The molecule has 0 saturated carbocycles. The van der Waals surface area contributed by atoms with Crippen molar-refractivity contribution in [1.29, 1.82) is 0 Å². The Morgan fingerprint density at radius 2 is 2.20 bits per heavy atom. The van der Waals surface area contributed by atoms with E-state index in [4.69, 9.17) is 5.73 Å². The van der Waals surface area contributed by atoms with Crippen molar-refractivity contribution in [3.63, 3.8) is 0 Å². The molecule has 1 aromatic carbocycles. The molecule has 1 aliphatic heterocycles. The molecule has 0 fully saturated rings. The standard InChI is InChI=1S/C18H24FN5O/c1-12(20)6-9-17(25)21-13-7-8-15(19)14(11-13)18-23-22-16-5-3-2-4-10-24(16)18/h7-8,11-12H,2-6,9-10,20H2,1H3,(H,21,25). The Labute approximate surface area is 146 Å². The first-order chi connectivity index (χ1) is 12.0. The van der Waals surface area contributed by atoms with Gasteiger partial charge in [0.05, 0.1) is 5.56 Å². The Morgan fingerprint density at radius 1 is 1.36 bits per heavy atom. The van der Waals surface area contributed by atoms with Gasteiger partial charge in [0.25, 0.3) is 0 Å². The number of nitrogens with one attached hydrogen (secondary N) is 1. The molecule has 0 spiro atoms. The third-order valence-corrected chi connectivity index (χ3v) is 4.43. The predicted molar refractivity (Wildman–Crippen MR) is 94.5 cm³/mol. The molecule has 0 bridgehead atoms. The van der Waals surface area contributed by atoms with Crippen molar-refractivity contribution in [2.45, 2.75) is 58.0 Å². The van der Waals surface area contributed by atoms with Gasteiger partial charge in [-0.15, -0.1) is 10.2 Å². The van der Waals surface area contributed by atoms with Crippen LogP contribution in [0.1, 0.15) is 44.9 Å². The summed E-state index contributed by atoms with van der Waals surface area (Å²) in [5, 5.41) is 11.2. The summed E-state index contributed by atoms with van der Waals surface area (Å²) in [5.74, 6) is 0.933. The van der Waals surface area contributed by atoms with Crippen molar-refractivity contribution in [3.05, 3.63) is 29.8 Å². The van der Waals surface area contributed by atoms with Gasteiger partial charge in [0.15, 0.2) is 5.82 Å². The number of carbonyl (C=O) groups is 1. The lowest BCUT2D eigenvalue weighted by Gasteiger charge is -2.11. The molecule has 0 saturated heterocycles. The lowest BCUT2D eigenvalue weighted by atomic mass is 10.1. The van der Waals surface area contributed by atoms with Crippen molar-refractivity contribution in [1.82, 2.24) is 14.8 Å². The summed E-state index contributed by atoms with van der Waals surface area (Å²) in [7, 11) is 0. The van der Waals surface area contributed by atoms with E-state index in [1.54, 1.807) is 12.1 Å². The molecule has 6 nitrogen and oxygen atoms in total. The number of rotatable bonds is 5. The largest absolute Gasteiger partial charge is 0.328 e. The maximum Gasteiger partial charge on any atom is 0.224 e. The molecule has 3 N–H and O–H groups in total. The minimum atomic E-state index is -0.368. The molecule has 2 aromatic rings. The van der Waals surface area contributed by atoms with Crippen LogP contribution in [-0.4, -0.2) is 26.7 Å². The van der Waals surface area contributed by atoms with Gasteiger partial charge in [0.2, 0.25) is 5.91 Å². The van der Waals surface area contributed by atoms with E-state index in [9.17, 15) is 9.18 Å². The molecule has 7 heteroatoms. The number of carbonyl (C=O) groups excluding carboxylic acids is 1. The predicted octanol–water partition coefficient (Wildman–Crippen LogP) is 2.88. The van der Waals surface area contributed by atoms with Gasteiger partial charge in [-0.3, -0.25) is 4.79 Å². The van der Waals surface area contributed by atoms with Crippen LogP contribution < -0.4 is 11.1 Å². The molecule has 3 rings (SSSR count). The maximum atomic E-state index is 14.4. The van der Waals surface area contributed by atoms with Gasteiger partial charge in [-0.05, 0) is 44.4 Å². The van der Waals surface area contributed by atoms with Gasteiger partial charge in [0, 0.05) is 31.1 Å². The number of hydrogen-bond donors (Lipinski definition) is 2. The van der Waals surface area contributed by atoms with Crippen molar-refractivity contribution in [2.75, 3.05) is 5.32 Å². The summed E-state index contributed by atoms with van der Waals surface area (Å²) in [6.07, 6.45) is 5.06. The zero-order valence-corrected chi connectivity index (χ0v) is 14.5. The Bertz CT molecular complexity index is 756. The van der Waals surface area contributed by atoms with Crippen LogP contribution in [0.5, 0.6) is 0 Å². The highest BCUT2D eigenvalue weighted by Gasteiger charge is 2.19. The number of hydrogen-bond acceptors (Lipinski definition) is 4. The van der Waals surface area contributed by atoms with E-state index in [2.05, 4.69) is 15.5 Å². The number of fused-ring (bicyclic) bond motifs is 1. The summed E-state index contributed by atoms with van der Waals surface area (Å²) >= 11 is 0. The first-order valence-electron chi connectivity index (χ1n) is 8.82. The summed E-state index contributed by atoms with van der Waals surface area (Å²) < 4.78 is 16.4. The Balaban J connectivity index is 1.83. The normalized spacial score (nSPS) is 15.3. The molecule has 0 radical (unpaired) electrons. The SMILES string of the molecule is CC(N)CCC(=O)Nc1ccc(F)c(-c2nnc3n2CCCCC3)c1. The second-order valence-corrected chi connectivity index (χ2v) is 6.66. The third kappa shape index (κ3) is 4.22. The number of anilines is 1. The lowest BCUT2D eigenvalue weighted by Crippen LogP contribution is -2.19. The smallest absolute Gasteiger partial charge is 0.224 e. The zero-order chi connectivity index (χ0) is 17.8. The van der Waals surface area contributed by atoms with Crippen LogP contribution in [0.25, 0.3) is 11.4 Å². The summed E-state index contributed by atoms with van der Waals surface area (Å²) in [6.45, 7) is 2.66. The van der Waals surface area contributed by atoms with E-state index in [0.717, 1.165) is 38.1 Å². The quantitative estimate of drug-likeness (QED) is 0.872. The Kier molecular flexibility index (Phi) is 5.43. The number of aromatic nitrogens is 3. The fourth-order valence-electron chi connectivity index (χ4n) is 3.04. The maximum absolute atomic E-state index is 14.4. The second-order valence-electron chi connectivity index (χ2n) is 6.66. The van der Waals surface area contributed by atoms with Crippen molar-refractivity contribution in [3.8, 4) is 11.4 Å². The van der Waals surface area contributed by atoms with Gasteiger partial charge in [0.1, 0.15) is 11.6 Å². The topological polar surface area (TPSA) is 85.8 Å². The fraction of sp³-hybridized carbons (Fsp3) is 0.500. The monoisotopic (exact) mass is 345 g/mol. The molecule has 1 aliphatic rings. The molecule has 1 unspecified atom stereocenters. The lowest BCUT2D eigenvalue weighted by molar-refractivity contribution is -0.116. The van der Waals surface area contributed by atoms with Crippen molar-refractivity contribution < 1.29 is 9.18 Å². The molecule has 25 heavy (non-hydrogen) atoms.